The Kier molecular flexibility index (Phi) is 4.94. The first-order chi connectivity index (χ1) is 9.61. The molecule has 1 saturated heterocycles. The van der Waals surface area contributed by atoms with Gasteiger partial charge in [-0.05, 0) is 29.9 Å². The average molecular weight is 273 g/mol. The number of carbonyl (C=O) groups is 2. The normalized spacial score (nSPS) is 20.6. The van der Waals surface area contributed by atoms with Crippen LogP contribution < -0.4 is 5.32 Å². The molecule has 2 amide bonds. The van der Waals surface area contributed by atoms with Crippen LogP contribution >= 0.6 is 0 Å². The number of carbonyl (C=O) groups excluding carboxylic acids is 2. The van der Waals surface area contributed by atoms with Gasteiger partial charge in [-0.25, -0.2) is 0 Å². The summed E-state index contributed by atoms with van der Waals surface area (Å²) < 4.78 is 0. The third kappa shape index (κ3) is 3.47. The molecule has 0 bridgehead atoms. The van der Waals surface area contributed by atoms with Gasteiger partial charge in [-0.3, -0.25) is 14.9 Å². The number of nitrogens with one attached hydrogen (secondary N) is 1. The number of hydrogen-bond donors (Lipinski definition) is 1. The molecule has 1 aromatic carbocycles. The van der Waals surface area contributed by atoms with E-state index in [0.29, 0.717) is 18.8 Å². The summed E-state index contributed by atoms with van der Waals surface area (Å²) in [6, 6.07) is 8.33. The molecule has 3 heteroatoms. The van der Waals surface area contributed by atoms with Gasteiger partial charge in [0.15, 0.2) is 0 Å². The summed E-state index contributed by atoms with van der Waals surface area (Å²) in [7, 11) is 0. The van der Waals surface area contributed by atoms with Crippen LogP contribution in [0.4, 0.5) is 0 Å². The molecule has 0 spiro atoms. The first kappa shape index (κ1) is 14.8. The maximum Gasteiger partial charge on any atom is 0.234 e. The molecule has 1 aliphatic rings. The predicted molar refractivity (Wildman–Crippen MR) is 79.5 cm³/mol. The fourth-order valence-electron chi connectivity index (χ4n) is 2.75. The van der Waals surface area contributed by atoms with Crippen LogP contribution in [-0.2, 0) is 9.59 Å². The zero-order chi connectivity index (χ0) is 14.5. The maximum atomic E-state index is 11.8. The third-order valence-corrected chi connectivity index (χ3v) is 4.14. The van der Waals surface area contributed by atoms with Crippen molar-refractivity contribution in [3.8, 4) is 0 Å². The Labute approximate surface area is 120 Å². The van der Waals surface area contributed by atoms with E-state index in [2.05, 4.69) is 31.3 Å². The van der Waals surface area contributed by atoms with Crippen LogP contribution in [0.1, 0.15) is 68.9 Å². The van der Waals surface area contributed by atoms with Gasteiger partial charge in [0.1, 0.15) is 0 Å². The van der Waals surface area contributed by atoms with E-state index in [1.54, 1.807) is 0 Å². The second kappa shape index (κ2) is 6.69. The monoisotopic (exact) mass is 273 g/mol. The fourth-order valence-corrected chi connectivity index (χ4v) is 2.75. The molecular weight excluding hydrogens is 250 g/mol. The van der Waals surface area contributed by atoms with Crippen molar-refractivity contribution in [3.63, 3.8) is 0 Å². The molecular formula is C17H23NO2. The van der Waals surface area contributed by atoms with Gasteiger partial charge in [-0.1, -0.05) is 51.0 Å². The number of benzene rings is 1. The van der Waals surface area contributed by atoms with E-state index in [1.165, 1.54) is 24.8 Å². The summed E-state index contributed by atoms with van der Waals surface area (Å²) in [6.45, 7) is 4.45. The van der Waals surface area contributed by atoms with E-state index in [4.69, 9.17) is 0 Å². The first-order valence-electron chi connectivity index (χ1n) is 7.55. The Morgan fingerprint density at radius 1 is 1.25 bits per heavy atom. The first-order valence-corrected chi connectivity index (χ1v) is 7.55. The number of imide groups is 1. The highest BCUT2D eigenvalue weighted by Crippen LogP contribution is 2.27. The Balaban J connectivity index is 2.04. The van der Waals surface area contributed by atoms with Gasteiger partial charge in [0, 0.05) is 6.42 Å². The predicted octanol–water partition coefficient (Wildman–Crippen LogP) is 3.50. The lowest BCUT2D eigenvalue weighted by Gasteiger charge is -2.21. The van der Waals surface area contributed by atoms with E-state index in [1.807, 2.05) is 12.1 Å². The van der Waals surface area contributed by atoms with Crippen LogP contribution in [0.3, 0.4) is 0 Å². The highest BCUT2D eigenvalue weighted by Gasteiger charge is 2.27. The highest BCUT2D eigenvalue weighted by molar-refractivity contribution is 6.00. The largest absolute Gasteiger partial charge is 0.296 e. The lowest BCUT2D eigenvalue weighted by atomic mass is 9.88. The zero-order valence-corrected chi connectivity index (χ0v) is 12.3. The van der Waals surface area contributed by atoms with Crippen molar-refractivity contribution in [3.05, 3.63) is 35.4 Å². The topological polar surface area (TPSA) is 46.2 Å². The molecule has 1 aromatic rings. The lowest BCUT2D eigenvalue weighted by Crippen LogP contribution is -2.39. The molecule has 0 radical (unpaired) electrons. The van der Waals surface area contributed by atoms with Crippen LogP contribution in [-0.4, -0.2) is 11.8 Å². The van der Waals surface area contributed by atoms with Crippen LogP contribution in [0.25, 0.3) is 0 Å². The van der Waals surface area contributed by atoms with Crippen molar-refractivity contribution in [2.75, 3.05) is 0 Å². The van der Waals surface area contributed by atoms with Crippen LogP contribution in [0.15, 0.2) is 24.3 Å². The van der Waals surface area contributed by atoms with E-state index >= 15 is 0 Å². The van der Waals surface area contributed by atoms with Crippen molar-refractivity contribution in [1.29, 1.82) is 0 Å². The van der Waals surface area contributed by atoms with Crippen LogP contribution in [0.5, 0.6) is 0 Å². The molecule has 3 nitrogen and oxygen atoms in total. The van der Waals surface area contributed by atoms with Crippen molar-refractivity contribution < 1.29 is 9.59 Å². The van der Waals surface area contributed by atoms with Gasteiger partial charge in [-0.15, -0.1) is 0 Å². The van der Waals surface area contributed by atoms with Gasteiger partial charge in [0.05, 0.1) is 5.92 Å². The number of unbranched alkanes of at least 4 members (excludes halogenated alkanes) is 1. The smallest absolute Gasteiger partial charge is 0.234 e. The summed E-state index contributed by atoms with van der Waals surface area (Å²) in [6.07, 6.45) is 4.73. The molecule has 2 unspecified atom stereocenters. The second-order valence-corrected chi connectivity index (χ2v) is 5.71. The molecule has 0 saturated carbocycles. The summed E-state index contributed by atoms with van der Waals surface area (Å²) in [4.78, 5) is 23.0. The Hall–Kier alpha value is -1.64. The van der Waals surface area contributed by atoms with Crippen LogP contribution in [0, 0.1) is 0 Å². The number of hydrogen-bond acceptors (Lipinski definition) is 2. The maximum absolute atomic E-state index is 11.8. The van der Waals surface area contributed by atoms with Gasteiger partial charge < -0.3 is 0 Å². The summed E-state index contributed by atoms with van der Waals surface area (Å²) >= 11 is 0. The van der Waals surface area contributed by atoms with Crippen molar-refractivity contribution in [2.24, 2.45) is 0 Å². The van der Waals surface area contributed by atoms with Crippen LogP contribution in [0.2, 0.25) is 0 Å². The van der Waals surface area contributed by atoms with Gasteiger partial charge in [0.25, 0.3) is 0 Å². The molecule has 2 atom stereocenters. The molecule has 1 aliphatic heterocycles. The van der Waals surface area contributed by atoms with E-state index in [-0.39, 0.29) is 17.7 Å². The highest BCUT2D eigenvalue weighted by atomic mass is 16.2. The van der Waals surface area contributed by atoms with E-state index < -0.39 is 0 Å². The van der Waals surface area contributed by atoms with E-state index in [9.17, 15) is 9.59 Å². The lowest BCUT2D eigenvalue weighted by molar-refractivity contribution is -0.134. The van der Waals surface area contributed by atoms with Crippen molar-refractivity contribution in [1.82, 2.24) is 5.32 Å². The zero-order valence-electron chi connectivity index (χ0n) is 12.3. The van der Waals surface area contributed by atoms with Gasteiger partial charge in [0.2, 0.25) is 11.8 Å². The minimum Gasteiger partial charge on any atom is -0.296 e. The molecule has 0 aromatic heterocycles. The molecule has 1 N–H and O–H groups in total. The molecule has 1 fully saturated rings. The molecule has 20 heavy (non-hydrogen) atoms. The summed E-state index contributed by atoms with van der Waals surface area (Å²) in [5.74, 6) is 0.0718. The van der Waals surface area contributed by atoms with E-state index in [0.717, 1.165) is 5.56 Å². The minimum absolute atomic E-state index is 0.156. The second-order valence-electron chi connectivity index (χ2n) is 5.71. The SMILES string of the molecule is CCCCC(C)c1ccc(C2CCC(=O)NC2=O)cc1. The Morgan fingerprint density at radius 2 is 1.95 bits per heavy atom. The Morgan fingerprint density at radius 3 is 2.55 bits per heavy atom. The number of rotatable bonds is 5. The van der Waals surface area contributed by atoms with Crippen molar-refractivity contribution >= 4 is 11.8 Å². The summed E-state index contributed by atoms with van der Waals surface area (Å²) in [5, 5.41) is 2.42. The van der Waals surface area contributed by atoms with Crippen molar-refractivity contribution in [2.45, 2.75) is 57.8 Å². The standard InChI is InChI=1S/C17H23NO2/c1-3-4-5-12(2)13-6-8-14(9-7-13)15-10-11-16(19)18-17(15)20/h6-9,12,15H,3-5,10-11H2,1-2H3,(H,18,19,20). The molecule has 108 valence electrons. The number of piperidine rings is 1. The quantitative estimate of drug-likeness (QED) is 0.835. The van der Waals surface area contributed by atoms with Gasteiger partial charge in [-0.2, -0.15) is 0 Å². The molecule has 1 heterocycles. The summed E-state index contributed by atoms with van der Waals surface area (Å²) in [5.41, 5.74) is 2.34. The number of amides is 2. The average Bonchev–Trinajstić information content (AvgIpc) is 2.45. The molecule has 2 rings (SSSR count). The molecule has 0 aliphatic carbocycles. The van der Waals surface area contributed by atoms with Gasteiger partial charge >= 0.3 is 0 Å². The minimum atomic E-state index is -0.173. The third-order valence-electron chi connectivity index (χ3n) is 4.14. The Bertz CT molecular complexity index is 478. The fraction of sp³-hybridized carbons (Fsp3) is 0.529.